The second-order valence-corrected chi connectivity index (χ2v) is 6.17. The number of sulfonamides is 1. The predicted molar refractivity (Wildman–Crippen MR) is 65.7 cm³/mol. The minimum atomic E-state index is -3.20. The van der Waals surface area contributed by atoms with Crippen LogP contribution < -0.4 is 10.5 Å². The zero-order chi connectivity index (χ0) is 11.8. The summed E-state index contributed by atoms with van der Waals surface area (Å²) in [6.45, 7) is 1.84. The quantitative estimate of drug-likeness (QED) is 0.787. The molecule has 1 aliphatic carbocycles. The van der Waals surface area contributed by atoms with Crippen LogP contribution in [0.1, 0.15) is 18.4 Å². The Kier molecular flexibility index (Phi) is 2.80. The van der Waals surface area contributed by atoms with E-state index in [4.69, 9.17) is 5.73 Å². The molecule has 1 aliphatic rings. The van der Waals surface area contributed by atoms with E-state index in [1.807, 2.05) is 6.92 Å². The first-order valence-corrected chi connectivity index (χ1v) is 6.98. The lowest BCUT2D eigenvalue weighted by Crippen LogP contribution is -2.18. The third-order valence-electron chi connectivity index (χ3n) is 2.67. The molecule has 1 saturated carbocycles. The minimum Gasteiger partial charge on any atom is -0.399 e. The Labute approximate surface area is 95.9 Å². The van der Waals surface area contributed by atoms with Gasteiger partial charge in [0.25, 0.3) is 0 Å². The van der Waals surface area contributed by atoms with Gasteiger partial charge >= 0.3 is 0 Å². The fourth-order valence-corrected chi connectivity index (χ4v) is 3.21. The van der Waals surface area contributed by atoms with Crippen LogP contribution in [0.4, 0.5) is 11.4 Å². The van der Waals surface area contributed by atoms with E-state index in [0.717, 1.165) is 18.4 Å². The number of nitrogens with one attached hydrogen (secondary N) is 1. The van der Waals surface area contributed by atoms with Gasteiger partial charge < -0.3 is 5.73 Å². The van der Waals surface area contributed by atoms with E-state index in [1.165, 1.54) is 0 Å². The molecule has 16 heavy (non-hydrogen) atoms. The third-order valence-corrected chi connectivity index (χ3v) is 4.11. The summed E-state index contributed by atoms with van der Waals surface area (Å²) in [4.78, 5) is 0. The number of benzene rings is 1. The van der Waals surface area contributed by atoms with E-state index < -0.39 is 10.0 Å². The number of aryl methyl sites for hydroxylation is 1. The molecular weight excluding hydrogens is 224 g/mol. The van der Waals surface area contributed by atoms with Crippen LogP contribution in [-0.4, -0.2) is 14.2 Å². The van der Waals surface area contributed by atoms with Crippen LogP contribution in [-0.2, 0) is 10.0 Å². The molecule has 0 radical (unpaired) electrons. The van der Waals surface area contributed by atoms with Crippen molar-refractivity contribution in [1.29, 1.82) is 0 Å². The van der Waals surface area contributed by atoms with Crippen LogP contribution in [0.3, 0.4) is 0 Å². The highest BCUT2D eigenvalue weighted by molar-refractivity contribution is 7.92. The van der Waals surface area contributed by atoms with Gasteiger partial charge in [-0.05, 0) is 49.4 Å². The summed E-state index contributed by atoms with van der Waals surface area (Å²) in [7, 11) is -3.20. The highest BCUT2D eigenvalue weighted by Crippen LogP contribution is 2.31. The Hall–Kier alpha value is -1.23. The molecule has 0 amide bonds. The standard InChI is InChI=1S/C11H16N2O2S/c1-8-6-10(12)4-5-11(8)13-16(14,15)7-9-2-3-9/h4-6,9,13H,2-3,7,12H2,1H3. The highest BCUT2D eigenvalue weighted by atomic mass is 32.2. The Bertz CT molecular complexity index is 493. The molecule has 3 N–H and O–H groups in total. The molecule has 4 nitrogen and oxygen atoms in total. The minimum absolute atomic E-state index is 0.233. The van der Waals surface area contributed by atoms with E-state index in [9.17, 15) is 8.42 Å². The molecule has 1 aromatic rings. The first kappa shape index (κ1) is 11.3. The fraction of sp³-hybridized carbons (Fsp3) is 0.455. The van der Waals surface area contributed by atoms with Crippen molar-refractivity contribution in [3.8, 4) is 0 Å². The van der Waals surface area contributed by atoms with Gasteiger partial charge in [-0.1, -0.05) is 0 Å². The summed E-state index contributed by atoms with van der Waals surface area (Å²) in [5, 5.41) is 0. The zero-order valence-corrected chi connectivity index (χ0v) is 10.0. The fourth-order valence-electron chi connectivity index (χ4n) is 1.61. The number of nitrogens with two attached hydrogens (primary N) is 1. The maximum atomic E-state index is 11.7. The van der Waals surface area contributed by atoms with Crippen LogP contribution >= 0.6 is 0 Å². The Morgan fingerprint density at radius 3 is 2.69 bits per heavy atom. The first-order chi connectivity index (χ1) is 7.46. The molecule has 0 aliphatic heterocycles. The Morgan fingerprint density at radius 1 is 1.44 bits per heavy atom. The van der Waals surface area contributed by atoms with Gasteiger partial charge in [-0.3, -0.25) is 4.72 Å². The second-order valence-electron chi connectivity index (χ2n) is 4.40. The molecule has 0 atom stereocenters. The Morgan fingerprint density at radius 2 is 2.12 bits per heavy atom. The summed E-state index contributed by atoms with van der Waals surface area (Å²) in [6.07, 6.45) is 2.06. The number of hydrogen-bond donors (Lipinski definition) is 2. The smallest absolute Gasteiger partial charge is 0.233 e. The molecule has 5 heteroatoms. The van der Waals surface area contributed by atoms with Crippen LogP contribution in [0.5, 0.6) is 0 Å². The van der Waals surface area contributed by atoms with E-state index >= 15 is 0 Å². The van der Waals surface area contributed by atoms with Crippen LogP contribution in [0, 0.1) is 12.8 Å². The van der Waals surface area contributed by atoms with E-state index in [-0.39, 0.29) is 5.75 Å². The normalized spacial score (nSPS) is 16.1. The van der Waals surface area contributed by atoms with Crippen LogP contribution in [0.2, 0.25) is 0 Å². The van der Waals surface area contributed by atoms with Gasteiger partial charge in [-0.2, -0.15) is 0 Å². The third kappa shape index (κ3) is 2.88. The molecule has 0 aromatic heterocycles. The Balaban J connectivity index is 2.13. The molecule has 88 valence electrons. The molecular formula is C11H16N2O2S. The summed E-state index contributed by atoms with van der Waals surface area (Å²) in [5.74, 6) is 0.586. The van der Waals surface area contributed by atoms with E-state index in [0.29, 0.717) is 17.3 Å². The van der Waals surface area contributed by atoms with Crippen LogP contribution in [0.25, 0.3) is 0 Å². The van der Waals surface area contributed by atoms with Crippen molar-refractivity contribution in [2.24, 2.45) is 5.92 Å². The molecule has 0 heterocycles. The average molecular weight is 240 g/mol. The van der Waals surface area contributed by atoms with Gasteiger partial charge in [0, 0.05) is 5.69 Å². The molecule has 0 spiro atoms. The van der Waals surface area contributed by atoms with Crippen molar-refractivity contribution in [1.82, 2.24) is 0 Å². The van der Waals surface area contributed by atoms with Crippen molar-refractivity contribution in [3.63, 3.8) is 0 Å². The van der Waals surface area contributed by atoms with Crippen molar-refractivity contribution < 1.29 is 8.42 Å². The summed E-state index contributed by atoms with van der Waals surface area (Å²) < 4.78 is 26.1. The molecule has 1 fully saturated rings. The summed E-state index contributed by atoms with van der Waals surface area (Å²) >= 11 is 0. The SMILES string of the molecule is Cc1cc(N)ccc1NS(=O)(=O)CC1CC1. The molecule has 1 aromatic carbocycles. The lowest BCUT2D eigenvalue weighted by Gasteiger charge is -2.10. The van der Waals surface area contributed by atoms with Gasteiger partial charge in [-0.15, -0.1) is 0 Å². The summed E-state index contributed by atoms with van der Waals surface area (Å²) in [6, 6.07) is 5.16. The van der Waals surface area contributed by atoms with Gasteiger partial charge in [0.15, 0.2) is 0 Å². The van der Waals surface area contributed by atoms with Gasteiger partial charge in [0.05, 0.1) is 11.4 Å². The van der Waals surface area contributed by atoms with E-state index in [1.54, 1.807) is 18.2 Å². The van der Waals surface area contributed by atoms with E-state index in [2.05, 4.69) is 4.72 Å². The molecule has 0 saturated heterocycles. The second kappa shape index (κ2) is 3.97. The summed E-state index contributed by atoms with van der Waals surface area (Å²) in [5.41, 5.74) is 7.71. The lowest BCUT2D eigenvalue weighted by atomic mass is 10.2. The molecule has 2 rings (SSSR count). The topological polar surface area (TPSA) is 72.2 Å². The number of nitrogen functional groups attached to an aromatic ring is 1. The first-order valence-electron chi connectivity index (χ1n) is 5.33. The van der Waals surface area contributed by atoms with Crippen LogP contribution in [0.15, 0.2) is 18.2 Å². The number of rotatable bonds is 4. The molecule has 0 unspecified atom stereocenters. The van der Waals surface area contributed by atoms with Crippen molar-refractivity contribution in [2.45, 2.75) is 19.8 Å². The van der Waals surface area contributed by atoms with Crippen molar-refractivity contribution in [2.75, 3.05) is 16.2 Å². The van der Waals surface area contributed by atoms with Gasteiger partial charge in [0.1, 0.15) is 0 Å². The average Bonchev–Trinajstić information content (AvgIpc) is 2.93. The maximum absolute atomic E-state index is 11.7. The van der Waals surface area contributed by atoms with Gasteiger partial charge in [-0.25, -0.2) is 8.42 Å². The maximum Gasteiger partial charge on any atom is 0.233 e. The number of anilines is 2. The number of hydrogen-bond acceptors (Lipinski definition) is 3. The van der Waals surface area contributed by atoms with Crippen molar-refractivity contribution >= 4 is 21.4 Å². The zero-order valence-electron chi connectivity index (χ0n) is 9.23. The monoisotopic (exact) mass is 240 g/mol. The molecule has 0 bridgehead atoms. The lowest BCUT2D eigenvalue weighted by molar-refractivity contribution is 0.597. The van der Waals surface area contributed by atoms with Crippen molar-refractivity contribution in [3.05, 3.63) is 23.8 Å². The van der Waals surface area contributed by atoms with Gasteiger partial charge in [0.2, 0.25) is 10.0 Å². The predicted octanol–water partition coefficient (Wildman–Crippen LogP) is 1.73. The highest BCUT2D eigenvalue weighted by Gasteiger charge is 2.28. The largest absolute Gasteiger partial charge is 0.399 e.